The summed E-state index contributed by atoms with van der Waals surface area (Å²) in [5, 5.41) is 0. The van der Waals surface area contributed by atoms with Crippen molar-refractivity contribution in [2.75, 3.05) is 7.11 Å². The largest absolute Gasteiger partial charge is 0.381 e. The Morgan fingerprint density at radius 3 is 2.35 bits per heavy atom. The normalized spacial score (nSPS) is 12.3. The van der Waals surface area contributed by atoms with E-state index in [4.69, 9.17) is 4.74 Å². The highest BCUT2D eigenvalue weighted by Crippen LogP contribution is 2.14. The molecule has 1 unspecified atom stereocenters. The smallest absolute Gasteiger partial charge is 0.165 e. The molecule has 0 saturated heterocycles. The van der Waals surface area contributed by atoms with Crippen LogP contribution in [0.1, 0.15) is 68.6 Å². The summed E-state index contributed by atoms with van der Waals surface area (Å²) < 4.78 is 5.45. The lowest BCUT2D eigenvalue weighted by atomic mass is 10.0. The van der Waals surface area contributed by atoms with Crippen LogP contribution in [-0.4, -0.2) is 19.0 Å². The van der Waals surface area contributed by atoms with Crippen LogP contribution in [0.2, 0.25) is 0 Å². The molecule has 0 N–H and O–H groups in total. The maximum absolute atomic E-state index is 12.1. The van der Waals surface area contributed by atoms with E-state index in [9.17, 15) is 4.79 Å². The molecule has 0 heterocycles. The van der Waals surface area contributed by atoms with Gasteiger partial charge in [0.15, 0.2) is 5.78 Å². The van der Waals surface area contributed by atoms with Crippen molar-refractivity contribution in [3.8, 4) is 0 Å². The Bertz CT molecular complexity index is 359. The van der Waals surface area contributed by atoms with Crippen molar-refractivity contribution >= 4 is 5.78 Å². The Labute approximate surface area is 123 Å². The average Bonchev–Trinajstić information content (AvgIpc) is 2.50. The van der Waals surface area contributed by atoms with E-state index in [1.54, 1.807) is 7.11 Å². The van der Waals surface area contributed by atoms with Gasteiger partial charge in [0.1, 0.15) is 0 Å². The Kier molecular flexibility index (Phi) is 8.97. The first-order valence-corrected chi connectivity index (χ1v) is 7.89. The second-order valence-corrected chi connectivity index (χ2v) is 5.41. The summed E-state index contributed by atoms with van der Waals surface area (Å²) in [7, 11) is 1.71. The molecule has 1 aromatic rings. The molecule has 1 atom stereocenters. The number of rotatable bonds is 11. The van der Waals surface area contributed by atoms with Gasteiger partial charge in [0.2, 0.25) is 0 Å². The van der Waals surface area contributed by atoms with Crippen molar-refractivity contribution in [1.82, 2.24) is 0 Å². The van der Waals surface area contributed by atoms with E-state index in [1.807, 2.05) is 30.3 Å². The number of methoxy groups -OCH3 is 1. The number of ketones is 1. The maximum Gasteiger partial charge on any atom is 0.165 e. The lowest BCUT2D eigenvalue weighted by Gasteiger charge is -2.14. The van der Waals surface area contributed by atoms with E-state index >= 15 is 0 Å². The van der Waals surface area contributed by atoms with Gasteiger partial charge in [-0.3, -0.25) is 4.79 Å². The van der Waals surface area contributed by atoms with Crippen LogP contribution < -0.4 is 0 Å². The third-order valence-corrected chi connectivity index (χ3v) is 3.72. The zero-order valence-electron chi connectivity index (χ0n) is 12.9. The lowest BCUT2D eigenvalue weighted by molar-refractivity contribution is 0.0687. The van der Waals surface area contributed by atoms with Crippen molar-refractivity contribution in [1.29, 1.82) is 0 Å². The second kappa shape index (κ2) is 10.6. The van der Waals surface area contributed by atoms with Crippen LogP contribution in [0.4, 0.5) is 0 Å². The van der Waals surface area contributed by atoms with Gasteiger partial charge in [-0.15, -0.1) is 0 Å². The highest BCUT2D eigenvalue weighted by Gasteiger charge is 2.14. The predicted octanol–water partition coefficient (Wildman–Crippen LogP) is 5.03. The number of benzene rings is 1. The fourth-order valence-electron chi connectivity index (χ4n) is 2.40. The van der Waals surface area contributed by atoms with Gasteiger partial charge in [0, 0.05) is 19.1 Å². The van der Waals surface area contributed by atoms with Crippen molar-refractivity contribution < 1.29 is 9.53 Å². The van der Waals surface area contributed by atoms with Gasteiger partial charge < -0.3 is 4.74 Å². The van der Waals surface area contributed by atoms with Crippen molar-refractivity contribution in [3.05, 3.63) is 35.9 Å². The first kappa shape index (κ1) is 16.9. The quantitative estimate of drug-likeness (QED) is 0.419. The fraction of sp³-hybridized carbons (Fsp3) is 0.611. The standard InChI is InChI=1S/C18H28O2/c1-3-4-5-6-7-11-14-17(20-2)15-18(19)16-12-9-8-10-13-16/h8-10,12-13,17H,3-7,11,14-15H2,1-2H3. The van der Waals surface area contributed by atoms with Crippen LogP contribution >= 0.6 is 0 Å². The summed E-state index contributed by atoms with van der Waals surface area (Å²) in [5.41, 5.74) is 0.789. The van der Waals surface area contributed by atoms with Crippen molar-refractivity contribution in [3.63, 3.8) is 0 Å². The molecule has 0 aliphatic heterocycles. The Hall–Kier alpha value is -1.15. The fourth-order valence-corrected chi connectivity index (χ4v) is 2.40. The van der Waals surface area contributed by atoms with Crippen LogP contribution in [0.5, 0.6) is 0 Å². The highest BCUT2D eigenvalue weighted by molar-refractivity contribution is 5.96. The van der Waals surface area contributed by atoms with Gasteiger partial charge in [-0.25, -0.2) is 0 Å². The molecule has 112 valence electrons. The first-order valence-electron chi connectivity index (χ1n) is 7.89. The molecule has 0 aromatic heterocycles. The van der Waals surface area contributed by atoms with Gasteiger partial charge in [0.25, 0.3) is 0 Å². The molecule has 0 saturated carbocycles. The molecule has 1 rings (SSSR count). The lowest BCUT2D eigenvalue weighted by Crippen LogP contribution is -2.16. The van der Waals surface area contributed by atoms with Gasteiger partial charge in [-0.05, 0) is 6.42 Å². The van der Waals surface area contributed by atoms with Gasteiger partial charge in [-0.1, -0.05) is 75.8 Å². The van der Waals surface area contributed by atoms with E-state index < -0.39 is 0 Å². The minimum absolute atomic E-state index is 0.0638. The minimum Gasteiger partial charge on any atom is -0.381 e. The second-order valence-electron chi connectivity index (χ2n) is 5.41. The zero-order chi connectivity index (χ0) is 14.6. The number of hydrogen-bond acceptors (Lipinski definition) is 2. The Morgan fingerprint density at radius 1 is 1.05 bits per heavy atom. The van der Waals surface area contributed by atoms with Gasteiger partial charge in [0.05, 0.1) is 6.10 Å². The predicted molar refractivity (Wildman–Crippen MR) is 84.2 cm³/mol. The molecule has 0 aliphatic carbocycles. The summed E-state index contributed by atoms with van der Waals surface area (Å²) in [4.78, 5) is 12.1. The molecular formula is C18H28O2. The number of carbonyl (C=O) groups excluding carboxylic acids is 1. The van der Waals surface area contributed by atoms with E-state index in [0.29, 0.717) is 6.42 Å². The number of ether oxygens (including phenoxy) is 1. The molecule has 0 aliphatic rings. The molecule has 0 radical (unpaired) electrons. The SMILES string of the molecule is CCCCCCCCC(CC(=O)c1ccccc1)OC. The van der Waals surface area contributed by atoms with E-state index in [1.165, 1.54) is 32.1 Å². The van der Waals surface area contributed by atoms with Crippen LogP contribution in [0, 0.1) is 0 Å². The summed E-state index contributed by atoms with van der Waals surface area (Å²) >= 11 is 0. The summed E-state index contributed by atoms with van der Waals surface area (Å²) in [6.07, 6.45) is 9.20. The van der Waals surface area contributed by atoms with Crippen LogP contribution in [-0.2, 0) is 4.74 Å². The summed E-state index contributed by atoms with van der Waals surface area (Å²) in [6.45, 7) is 2.23. The number of Topliss-reactive ketones (excluding diaryl/α,β-unsaturated/α-hetero) is 1. The van der Waals surface area contributed by atoms with Crippen molar-refractivity contribution in [2.45, 2.75) is 64.4 Å². The third-order valence-electron chi connectivity index (χ3n) is 3.72. The number of hydrogen-bond donors (Lipinski definition) is 0. The minimum atomic E-state index is 0.0638. The third kappa shape index (κ3) is 6.85. The molecule has 0 amide bonds. The van der Waals surface area contributed by atoms with E-state index in [2.05, 4.69) is 6.92 Å². The number of carbonyl (C=O) groups is 1. The average molecular weight is 276 g/mol. The van der Waals surface area contributed by atoms with Crippen LogP contribution in [0.3, 0.4) is 0 Å². The molecular weight excluding hydrogens is 248 g/mol. The zero-order valence-corrected chi connectivity index (χ0v) is 12.9. The highest BCUT2D eigenvalue weighted by atomic mass is 16.5. The van der Waals surface area contributed by atoms with Crippen LogP contribution in [0.25, 0.3) is 0 Å². The van der Waals surface area contributed by atoms with Gasteiger partial charge in [-0.2, -0.15) is 0 Å². The molecule has 2 heteroatoms. The van der Waals surface area contributed by atoms with Crippen LogP contribution in [0.15, 0.2) is 30.3 Å². The Balaban J connectivity index is 2.24. The molecule has 1 aromatic carbocycles. The number of unbranched alkanes of at least 4 members (excludes halogenated alkanes) is 5. The van der Waals surface area contributed by atoms with E-state index in [-0.39, 0.29) is 11.9 Å². The monoisotopic (exact) mass is 276 g/mol. The molecule has 2 nitrogen and oxygen atoms in total. The molecule has 0 bridgehead atoms. The van der Waals surface area contributed by atoms with Gasteiger partial charge >= 0.3 is 0 Å². The first-order chi connectivity index (χ1) is 9.77. The maximum atomic E-state index is 12.1. The summed E-state index contributed by atoms with van der Waals surface area (Å²) in [6, 6.07) is 9.49. The molecule has 0 spiro atoms. The molecule has 0 fully saturated rings. The topological polar surface area (TPSA) is 26.3 Å². The van der Waals surface area contributed by atoms with E-state index in [0.717, 1.165) is 18.4 Å². The summed E-state index contributed by atoms with van der Waals surface area (Å²) in [5.74, 6) is 0.184. The Morgan fingerprint density at radius 2 is 1.70 bits per heavy atom. The molecule has 20 heavy (non-hydrogen) atoms. The van der Waals surface area contributed by atoms with Crippen molar-refractivity contribution in [2.24, 2.45) is 0 Å².